The minimum absolute atomic E-state index is 0.0836. The number of aromatic nitrogens is 3. The zero-order chi connectivity index (χ0) is 11.0. The Morgan fingerprint density at radius 3 is 3.00 bits per heavy atom. The SMILES string of the molecule is OC1CCc2nnc(C3CCCCO3)n2C1. The second-order valence-electron chi connectivity index (χ2n) is 4.63. The molecule has 1 saturated heterocycles. The third-order valence-corrected chi connectivity index (χ3v) is 3.42. The van der Waals surface area contributed by atoms with Crippen molar-refractivity contribution in [1.29, 1.82) is 0 Å². The Morgan fingerprint density at radius 1 is 1.25 bits per heavy atom. The molecule has 1 aromatic heterocycles. The third-order valence-electron chi connectivity index (χ3n) is 3.42. The van der Waals surface area contributed by atoms with Crippen molar-refractivity contribution in [1.82, 2.24) is 14.8 Å². The normalized spacial score (nSPS) is 30.1. The van der Waals surface area contributed by atoms with E-state index in [4.69, 9.17) is 4.74 Å². The number of aliphatic hydroxyl groups is 1. The molecule has 1 aromatic rings. The molecule has 3 rings (SSSR count). The lowest BCUT2D eigenvalue weighted by Gasteiger charge is -2.25. The maximum atomic E-state index is 9.68. The molecule has 2 aliphatic heterocycles. The van der Waals surface area contributed by atoms with E-state index in [2.05, 4.69) is 10.2 Å². The summed E-state index contributed by atoms with van der Waals surface area (Å²) in [6.45, 7) is 1.44. The van der Waals surface area contributed by atoms with Crippen molar-refractivity contribution >= 4 is 0 Å². The fraction of sp³-hybridized carbons (Fsp3) is 0.818. The zero-order valence-corrected chi connectivity index (χ0v) is 9.30. The fourth-order valence-corrected chi connectivity index (χ4v) is 2.51. The molecule has 2 aliphatic rings. The van der Waals surface area contributed by atoms with Crippen LogP contribution < -0.4 is 0 Å². The molecule has 88 valence electrons. The van der Waals surface area contributed by atoms with E-state index in [-0.39, 0.29) is 12.2 Å². The van der Waals surface area contributed by atoms with Crippen LogP contribution in [0.3, 0.4) is 0 Å². The highest BCUT2D eigenvalue weighted by Crippen LogP contribution is 2.28. The van der Waals surface area contributed by atoms with Crippen LogP contribution in [0.1, 0.15) is 43.4 Å². The lowest BCUT2D eigenvalue weighted by atomic mass is 10.1. The van der Waals surface area contributed by atoms with Crippen molar-refractivity contribution < 1.29 is 9.84 Å². The van der Waals surface area contributed by atoms with Gasteiger partial charge in [0.05, 0.1) is 12.6 Å². The van der Waals surface area contributed by atoms with Crippen LogP contribution in [0.2, 0.25) is 0 Å². The smallest absolute Gasteiger partial charge is 0.162 e. The summed E-state index contributed by atoms with van der Waals surface area (Å²) in [4.78, 5) is 0. The molecule has 0 saturated carbocycles. The zero-order valence-electron chi connectivity index (χ0n) is 9.30. The Hall–Kier alpha value is -0.940. The molecule has 0 aromatic carbocycles. The summed E-state index contributed by atoms with van der Waals surface area (Å²) in [7, 11) is 0. The van der Waals surface area contributed by atoms with Crippen molar-refractivity contribution in [2.75, 3.05) is 6.61 Å². The molecule has 1 fully saturated rings. The van der Waals surface area contributed by atoms with E-state index in [9.17, 15) is 5.11 Å². The quantitative estimate of drug-likeness (QED) is 0.766. The van der Waals surface area contributed by atoms with Crippen LogP contribution in [0.15, 0.2) is 0 Å². The summed E-state index contributed by atoms with van der Waals surface area (Å²) in [5.74, 6) is 1.91. The number of hydrogen-bond donors (Lipinski definition) is 1. The highest BCUT2D eigenvalue weighted by Gasteiger charge is 2.27. The highest BCUT2D eigenvalue weighted by molar-refractivity contribution is 5.03. The predicted octanol–water partition coefficient (Wildman–Crippen LogP) is 0.827. The van der Waals surface area contributed by atoms with Crippen molar-refractivity contribution in [3.05, 3.63) is 11.6 Å². The topological polar surface area (TPSA) is 60.2 Å². The molecular formula is C11H17N3O2. The van der Waals surface area contributed by atoms with Gasteiger partial charge in [-0.3, -0.25) is 0 Å². The maximum absolute atomic E-state index is 9.68. The van der Waals surface area contributed by atoms with Gasteiger partial charge in [0, 0.05) is 13.0 Å². The van der Waals surface area contributed by atoms with E-state index in [1.807, 2.05) is 4.57 Å². The van der Waals surface area contributed by atoms with Crippen LogP contribution in [0.4, 0.5) is 0 Å². The fourth-order valence-electron chi connectivity index (χ4n) is 2.51. The Balaban J connectivity index is 1.86. The second kappa shape index (κ2) is 4.14. The van der Waals surface area contributed by atoms with Gasteiger partial charge in [0.2, 0.25) is 0 Å². The molecule has 2 unspecified atom stereocenters. The first-order valence-corrected chi connectivity index (χ1v) is 6.06. The first-order valence-electron chi connectivity index (χ1n) is 6.06. The van der Waals surface area contributed by atoms with E-state index in [0.29, 0.717) is 6.54 Å². The molecule has 0 amide bonds. The molecule has 5 heteroatoms. The molecule has 0 aliphatic carbocycles. The number of fused-ring (bicyclic) bond motifs is 1. The van der Waals surface area contributed by atoms with E-state index in [0.717, 1.165) is 43.9 Å². The van der Waals surface area contributed by atoms with Crippen molar-refractivity contribution in [2.24, 2.45) is 0 Å². The van der Waals surface area contributed by atoms with Gasteiger partial charge in [0.25, 0.3) is 0 Å². The lowest BCUT2D eigenvalue weighted by Crippen LogP contribution is -2.27. The first-order chi connectivity index (χ1) is 7.84. The van der Waals surface area contributed by atoms with Crippen LogP contribution in [0.25, 0.3) is 0 Å². The van der Waals surface area contributed by atoms with Crippen molar-refractivity contribution in [3.63, 3.8) is 0 Å². The number of hydrogen-bond acceptors (Lipinski definition) is 4. The van der Waals surface area contributed by atoms with Gasteiger partial charge in [-0.05, 0) is 25.7 Å². The molecule has 0 spiro atoms. The van der Waals surface area contributed by atoms with Gasteiger partial charge in [-0.25, -0.2) is 0 Å². The summed E-state index contributed by atoms with van der Waals surface area (Å²) in [5, 5.41) is 18.1. The van der Waals surface area contributed by atoms with Gasteiger partial charge in [-0.15, -0.1) is 10.2 Å². The van der Waals surface area contributed by atoms with E-state index in [1.165, 1.54) is 6.42 Å². The summed E-state index contributed by atoms with van der Waals surface area (Å²) in [6.07, 6.45) is 4.79. The summed E-state index contributed by atoms with van der Waals surface area (Å²) < 4.78 is 7.76. The van der Waals surface area contributed by atoms with Crippen LogP contribution in [0.5, 0.6) is 0 Å². The van der Waals surface area contributed by atoms with E-state index in [1.54, 1.807) is 0 Å². The standard InChI is InChI=1S/C11H17N3O2/c15-8-4-5-10-12-13-11(14(10)7-8)9-3-1-2-6-16-9/h8-9,15H,1-7H2. The average Bonchev–Trinajstić information content (AvgIpc) is 2.73. The largest absolute Gasteiger partial charge is 0.391 e. The van der Waals surface area contributed by atoms with Crippen LogP contribution >= 0.6 is 0 Å². The second-order valence-corrected chi connectivity index (χ2v) is 4.63. The average molecular weight is 223 g/mol. The molecule has 16 heavy (non-hydrogen) atoms. The van der Waals surface area contributed by atoms with Gasteiger partial charge in [-0.1, -0.05) is 0 Å². The van der Waals surface area contributed by atoms with Gasteiger partial charge in [0.1, 0.15) is 11.9 Å². The van der Waals surface area contributed by atoms with E-state index >= 15 is 0 Å². The van der Waals surface area contributed by atoms with Crippen molar-refractivity contribution in [2.45, 2.75) is 50.9 Å². The number of nitrogens with zero attached hydrogens (tertiary/aromatic N) is 3. The maximum Gasteiger partial charge on any atom is 0.162 e. The molecule has 1 N–H and O–H groups in total. The van der Waals surface area contributed by atoms with Gasteiger partial charge >= 0.3 is 0 Å². The number of aliphatic hydroxyl groups excluding tert-OH is 1. The molecule has 0 radical (unpaired) electrons. The Morgan fingerprint density at radius 2 is 2.19 bits per heavy atom. The number of aryl methyl sites for hydroxylation is 1. The number of rotatable bonds is 1. The van der Waals surface area contributed by atoms with E-state index < -0.39 is 0 Å². The summed E-state index contributed by atoms with van der Waals surface area (Å²) in [6, 6.07) is 0. The molecular weight excluding hydrogens is 206 g/mol. The van der Waals surface area contributed by atoms with Gasteiger partial charge < -0.3 is 14.4 Å². The van der Waals surface area contributed by atoms with Crippen molar-refractivity contribution in [3.8, 4) is 0 Å². The summed E-state index contributed by atoms with van der Waals surface area (Å²) >= 11 is 0. The monoisotopic (exact) mass is 223 g/mol. The Bertz CT molecular complexity index is 371. The summed E-state index contributed by atoms with van der Waals surface area (Å²) in [5.41, 5.74) is 0. The third kappa shape index (κ3) is 1.74. The Kier molecular flexibility index (Phi) is 2.65. The predicted molar refractivity (Wildman–Crippen MR) is 56.9 cm³/mol. The minimum Gasteiger partial charge on any atom is -0.391 e. The lowest BCUT2D eigenvalue weighted by molar-refractivity contribution is 0.00498. The van der Waals surface area contributed by atoms with Gasteiger partial charge in [-0.2, -0.15) is 0 Å². The molecule has 3 heterocycles. The number of ether oxygens (including phenoxy) is 1. The first kappa shape index (κ1) is 10.2. The highest BCUT2D eigenvalue weighted by atomic mass is 16.5. The molecule has 2 atom stereocenters. The Labute approximate surface area is 94.4 Å². The van der Waals surface area contributed by atoms with Crippen LogP contribution in [-0.2, 0) is 17.7 Å². The minimum atomic E-state index is -0.258. The molecule has 5 nitrogen and oxygen atoms in total. The van der Waals surface area contributed by atoms with Gasteiger partial charge in [0.15, 0.2) is 5.82 Å². The molecule has 0 bridgehead atoms. The van der Waals surface area contributed by atoms with Crippen LogP contribution in [-0.4, -0.2) is 32.6 Å². The van der Waals surface area contributed by atoms with Crippen LogP contribution in [0, 0.1) is 0 Å².